The fourth-order valence-electron chi connectivity index (χ4n) is 3.57. The van der Waals surface area contributed by atoms with Gasteiger partial charge in [0.1, 0.15) is 0 Å². The number of carbonyl (C=O) groups is 2. The van der Waals surface area contributed by atoms with E-state index in [4.69, 9.17) is 4.74 Å². The normalized spacial score (nSPS) is 24.1. The predicted molar refractivity (Wildman–Crippen MR) is 94.6 cm³/mol. The number of rotatable bonds is 4. The van der Waals surface area contributed by atoms with Crippen molar-refractivity contribution in [3.05, 3.63) is 33.5 Å². The number of hydrogen-bond acceptors (Lipinski definition) is 4. The van der Waals surface area contributed by atoms with Gasteiger partial charge in [0, 0.05) is 18.0 Å². The molecule has 1 fully saturated rings. The molecular formula is C19H25NO3S. The summed E-state index contributed by atoms with van der Waals surface area (Å²) < 4.78 is 5.34. The first-order chi connectivity index (χ1) is 11.3. The quantitative estimate of drug-likeness (QED) is 0.619. The van der Waals surface area contributed by atoms with E-state index in [1.807, 2.05) is 13.8 Å². The second-order valence-electron chi connectivity index (χ2n) is 7.61. The minimum absolute atomic E-state index is 0.0753. The van der Waals surface area contributed by atoms with Crippen molar-refractivity contribution in [3.63, 3.8) is 0 Å². The van der Waals surface area contributed by atoms with Crippen LogP contribution in [0.1, 0.15) is 38.1 Å². The molecule has 1 aromatic rings. The number of esters is 1. The predicted octanol–water partition coefficient (Wildman–Crippen LogP) is 3.41. The van der Waals surface area contributed by atoms with Crippen molar-refractivity contribution in [1.29, 1.82) is 0 Å². The number of allylic oxidation sites excluding steroid dienone is 2. The van der Waals surface area contributed by atoms with E-state index in [0.29, 0.717) is 13.1 Å². The maximum Gasteiger partial charge on any atom is 0.310 e. The lowest BCUT2D eigenvalue weighted by Crippen LogP contribution is -2.38. The maximum atomic E-state index is 12.3. The van der Waals surface area contributed by atoms with Gasteiger partial charge in [0.25, 0.3) is 5.91 Å². The molecule has 24 heavy (non-hydrogen) atoms. The monoisotopic (exact) mass is 347 g/mol. The number of ether oxygens (including phenoxy) is 1. The molecule has 130 valence electrons. The second kappa shape index (κ2) is 6.36. The molecule has 2 aliphatic rings. The molecule has 0 saturated heterocycles. The van der Waals surface area contributed by atoms with Crippen LogP contribution in [0.25, 0.3) is 0 Å². The summed E-state index contributed by atoms with van der Waals surface area (Å²) in [6, 6.07) is 2.07. The molecule has 4 nitrogen and oxygen atoms in total. The molecule has 2 unspecified atom stereocenters. The van der Waals surface area contributed by atoms with Gasteiger partial charge in [0.2, 0.25) is 0 Å². The van der Waals surface area contributed by atoms with Gasteiger partial charge in [-0.2, -0.15) is 0 Å². The van der Waals surface area contributed by atoms with Crippen molar-refractivity contribution < 1.29 is 14.3 Å². The van der Waals surface area contributed by atoms with E-state index >= 15 is 0 Å². The second-order valence-corrected chi connectivity index (χ2v) is 8.61. The van der Waals surface area contributed by atoms with Crippen LogP contribution in [-0.2, 0) is 27.3 Å². The van der Waals surface area contributed by atoms with Crippen LogP contribution in [0.4, 0.5) is 0 Å². The van der Waals surface area contributed by atoms with Crippen molar-refractivity contribution in [3.8, 4) is 0 Å². The Labute approximate surface area is 147 Å². The lowest BCUT2D eigenvalue weighted by atomic mass is 10.1. The molecule has 0 radical (unpaired) electrons. The Morgan fingerprint density at radius 1 is 1.42 bits per heavy atom. The van der Waals surface area contributed by atoms with Gasteiger partial charge in [-0.05, 0) is 48.6 Å². The minimum atomic E-state index is -0.246. The number of hydrogen-bond donors (Lipinski definition) is 0. The molecule has 0 bridgehead atoms. The molecule has 0 N–H and O–H groups in total. The molecule has 3 rings (SSSR count). The molecule has 1 aromatic heterocycles. The molecule has 0 aromatic carbocycles. The summed E-state index contributed by atoms with van der Waals surface area (Å²) in [5.41, 5.74) is 2.35. The standard InChI is InChI=1S/C19H25NO3S/c1-12(2)9-14-17(19(14,3)4)18(22)23-11-16(21)20-7-5-15-13(10-20)6-8-24-15/h6,8-9,14,17H,5,7,10-11H2,1-4H3. The van der Waals surface area contributed by atoms with Gasteiger partial charge in [-0.25, -0.2) is 0 Å². The van der Waals surface area contributed by atoms with E-state index in [1.165, 1.54) is 16.0 Å². The highest BCUT2D eigenvalue weighted by Crippen LogP contribution is 2.59. The molecule has 1 amide bonds. The number of thiophene rings is 1. The Morgan fingerprint density at radius 2 is 2.17 bits per heavy atom. The number of carbonyl (C=O) groups excluding carboxylic acids is 2. The molecule has 1 saturated carbocycles. The van der Waals surface area contributed by atoms with Crippen molar-refractivity contribution in [2.45, 2.75) is 40.7 Å². The summed E-state index contributed by atoms with van der Waals surface area (Å²) in [6.07, 6.45) is 3.03. The Morgan fingerprint density at radius 3 is 2.88 bits per heavy atom. The van der Waals surface area contributed by atoms with Crippen molar-refractivity contribution in [2.24, 2.45) is 17.3 Å². The first-order valence-electron chi connectivity index (χ1n) is 8.45. The smallest absolute Gasteiger partial charge is 0.310 e. The van der Waals surface area contributed by atoms with Crippen LogP contribution in [0.5, 0.6) is 0 Å². The fourth-order valence-corrected chi connectivity index (χ4v) is 4.46. The van der Waals surface area contributed by atoms with Crippen LogP contribution in [0.2, 0.25) is 0 Å². The Balaban J connectivity index is 1.52. The third kappa shape index (κ3) is 3.27. The van der Waals surface area contributed by atoms with Crippen LogP contribution in [0.3, 0.4) is 0 Å². The van der Waals surface area contributed by atoms with Gasteiger partial charge in [0.15, 0.2) is 6.61 Å². The molecule has 5 heteroatoms. The summed E-state index contributed by atoms with van der Waals surface area (Å²) in [5.74, 6) is -0.264. The van der Waals surface area contributed by atoms with Gasteiger partial charge >= 0.3 is 5.97 Å². The van der Waals surface area contributed by atoms with Gasteiger partial charge in [0.05, 0.1) is 5.92 Å². The van der Waals surface area contributed by atoms with Crippen LogP contribution in [0.15, 0.2) is 23.1 Å². The highest BCUT2D eigenvalue weighted by atomic mass is 32.1. The average Bonchev–Trinajstić information content (AvgIpc) is 2.88. The third-order valence-electron chi connectivity index (χ3n) is 5.18. The van der Waals surface area contributed by atoms with Crippen LogP contribution in [0, 0.1) is 17.3 Å². The van der Waals surface area contributed by atoms with Crippen molar-refractivity contribution in [2.75, 3.05) is 13.2 Å². The molecule has 0 spiro atoms. The summed E-state index contributed by atoms with van der Waals surface area (Å²) in [5, 5.41) is 2.07. The first-order valence-corrected chi connectivity index (χ1v) is 9.33. The lowest BCUT2D eigenvalue weighted by molar-refractivity contribution is -0.154. The van der Waals surface area contributed by atoms with Crippen molar-refractivity contribution in [1.82, 2.24) is 4.90 Å². The zero-order valence-corrected chi connectivity index (χ0v) is 15.6. The molecule has 2 atom stereocenters. The Hall–Kier alpha value is -1.62. The molecule has 1 aliphatic carbocycles. The summed E-state index contributed by atoms with van der Waals surface area (Å²) in [4.78, 5) is 27.8. The summed E-state index contributed by atoms with van der Waals surface area (Å²) in [6.45, 7) is 9.42. The van der Waals surface area contributed by atoms with E-state index < -0.39 is 0 Å². The van der Waals surface area contributed by atoms with E-state index in [9.17, 15) is 9.59 Å². The lowest BCUT2D eigenvalue weighted by Gasteiger charge is -2.26. The summed E-state index contributed by atoms with van der Waals surface area (Å²) in [7, 11) is 0. The number of nitrogens with zero attached hydrogens (tertiary/aromatic N) is 1. The average molecular weight is 347 g/mol. The van der Waals surface area contributed by atoms with E-state index in [-0.39, 0.29) is 35.7 Å². The van der Waals surface area contributed by atoms with Crippen LogP contribution < -0.4 is 0 Å². The largest absolute Gasteiger partial charge is 0.455 e. The van der Waals surface area contributed by atoms with Crippen molar-refractivity contribution >= 4 is 23.2 Å². The highest BCUT2D eigenvalue weighted by Gasteiger charge is 2.61. The van der Waals surface area contributed by atoms with Gasteiger partial charge in [-0.15, -0.1) is 11.3 Å². The maximum absolute atomic E-state index is 12.3. The Bertz CT molecular complexity index is 685. The minimum Gasteiger partial charge on any atom is -0.455 e. The third-order valence-corrected chi connectivity index (χ3v) is 6.20. The number of amides is 1. The zero-order chi connectivity index (χ0) is 17.5. The zero-order valence-electron chi connectivity index (χ0n) is 14.8. The van der Waals surface area contributed by atoms with Crippen LogP contribution in [-0.4, -0.2) is 29.9 Å². The van der Waals surface area contributed by atoms with E-state index in [0.717, 1.165) is 6.42 Å². The van der Waals surface area contributed by atoms with Gasteiger partial charge in [-0.1, -0.05) is 25.5 Å². The fraction of sp³-hybridized carbons (Fsp3) is 0.579. The van der Waals surface area contributed by atoms with Gasteiger partial charge < -0.3 is 9.64 Å². The van der Waals surface area contributed by atoms with Crippen LogP contribution >= 0.6 is 11.3 Å². The molecule has 2 heterocycles. The molecule has 1 aliphatic heterocycles. The topological polar surface area (TPSA) is 46.6 Å². The first kappa shape index (κ1) is 17.2. The highest BCUT2D eigenvalue weighted by molar-refractivity contribution is 7.10. The number of fused-ring (bicyclic) bond motifs is 1. The summed E-state index contributed by atoms with van der Waals surface area (Å²) >= 11 is 1.75. The van der Waals surface area contributed by atoms with E-state index in [2.05, 4.69) is 31.4 Å². The van der Waals surface area contributed by atoms with Gasteiger partial charge in [-0.3, -0.25) is 9.59 Å². The molecular weight excluding hydrogens is 322 g/mol. The van der Waals surface area contributed by atoms with E-state index in [1.54, 1.807) is 16.2 Å². The Kier molecular flexibility index (Phi) is 4.56. The SMILES string of the molecule is CC(C)=CC1C(C(=O)OCC(=O)N2CCc3sccc3C2)C1(C)C.